The lowest BCUT2D eigenvalue weighted by atomic mass is 9.97. The molecule has 7 heteroatoms. The SMILES string of the molecule is C[C@H]1CN(Cc2ccccc2)C[C@H]1c1nc2c(cnn2C2CCOCC2)c(=O)[nH]1. The molecule has 2 aromatic heterocycles. The summed E-state index contributed by atoms with van der Waals surface area (Å²) < 4.78 is 7.42. The first-order chi connectivity index (χ1) is 14.2. The summed E-state index contributed by atoms with van der Waals surface area (Å²) in [6.07, 6.45) is 3.47. The van der Waals surface area contributed by atoms with Crippen LogP contribution in [0, 0.1) is 5.92 Å². The highest BCUT2D eigenvalue weighted by molar-refractivity contribution is 5.73. The molecule has 0 bridgehead atoms. The largest absolute Gasteiger partial charge is 0.381 e. The molecule has 0 spiro atoms. The van der Waals surface area contributed by atoms with Gasteiger partial charge in [-0.25, -0.2) is 9.67 Å². The summed E-state index contributed by atoms with van der Waals surface area (Å²) in [5, 5.41) is 5.08. The average molecular weight is 393 g/mol. The molecule has 3 aromatic rings. The predicted octanol–water partition coefficient (Wildman–Crippen LogP) is 2.71. The van der Waals surface area contributed by atoms with E-state index in [1.165, 1.54) is 5.56 Å². The van der Waals surface area contributed by atoms with E-state index in [4.69, 9.17) is 9.72 Å². The Morgan fingerprint density at radius 1 is 1.17 bits per heavy atom. The molecule has 0 radical (unpaired) electrons. The van der Waals surface area contributed by atoms with Crippen molar-refractivity contribution in [1.29, 1.82) is 0 Å². The van der Waals surface area contributed by atoms with Crippen LogP contribution in [0.3, 0.4) is 0 Å². The van der Waals surface area contributed by atoms with E-state index in [0.717, 1.165) is 51.5 Å². The van der Waals surface area contributed by atoms with Gasteiger partial charge >= 0.3 is 0 Å². The first-order valence-electron chi connectivity index (χ1n) is 10.5. The van der Waals surface area contributed by atoms with Gasteiger partial charge in [0.2, 0.25) is 0 Å². The minimum absolute atomic E-state index is 0.0861. The van der Waals surface area contributed by atoms with E-state index < -0.39 is 0 Å². The van der Waals surface area contributed by atoms with E-state index in [9.17, 15) is 4.79 Å². The number of aromatic amines is 1. The van der Waals surface area contributed by atoms with Gasteiger partial charge in [-0.3, -0.25) is 9.69 Å². The van der Waals surface area contributed by atoms with Crippen molar-refractivity contribution >= 4 is 11.0 Å². The highest BCUT2D eigenvalue weighted by Gasteiger charge is 2.33. The Morgan fingerprint density at radius 3 is 2.76 bits per heavy atom. The van der Waals surface area contributed by atoms with Crippen LogP contribution in [0.2, 0.25) is 0 Å². The van der Waals surface area contributed by atoms with Gasteiger partial charge < -0.3 is 9.72 Å². The summed E-state index contributed by atoms with van der Waals surface area (Å²) in [7, 11) is 0. The van der Waals surface area contributed by atoms with Crippen LogP contribution in [0.25, 0.3) is 11.0 Å². The molecule has 2 fully saturated rings. The number of ether oxygens (including phenoxy) is 1. The summed E-state index contributed by atoms with van der Waals surface area (Å²) in [6, 6.07) is 10.8. The molecule has 0 unspecified atom stereocenters. The number of hydrogen-bond donors (Lipinski definition) is 1. The molecule has 1 N–H and O–H groups in total. The van der Waals surface area contributed by atoms with Crippen LogP contribution in [0.5, 0.6) is 0 Å². The third-order valence-electron chi connectivity index (χ3n) is 6.31. The van der Waals surface area contributed by atoms with Gasteiger partial charge in [-0.2, -0.15) is 5.10 Å². The van der Waals surface area contributed by atoms with Crippen molar-refractivity contribution in [1.82, 2.24) is 24.6 Å². The van der Waals surface area contributed by atoms with Crippen molar-refractivity contribution < 1.29 is 4.74 Å². The molecular formula is C22H27N5O2. The number of likely N-dealkylation sites (tertiary alicyclic amines) is 1. The normalized spacial score (nSPS) is 23.8. The molecular weight excluding hydrogens is 366 g/mol. The second-order valence-electron chi connectivity index (χ2n) is 8.38. The molecule has 0 aliphatic carbocycles. The molecule has 2 atom stereocenters. The van der Waals surface area contributed by atoms with Crippen molar-refractivity contribution in [3.63, 3.8) is 0 Å². The molecule has 2 aliphatic heterocycles. The molecule has 5 rings (SSSR count). The minimum Gasteiger partial charge on any atom is -0.381 e. The first kappa shape index (κ1) is 18.5. The molecule has 7 nitrogen and oxygen atoms in total. The Bertz CT molecular complexity index is 1040. The smallest absolute Gasteiger partial charge is 0.262 e. The maximum absolute atomic E-state index is 12.7. The fourth-order valence-corrected chi connectivity index (χ4v) is 4.72. The second-order valence-corrected chi connectivity index (χ2v) is 8.38. The lowest BCUT2D eigenvalue weighted by molar-refractivity contribution is 0.0673. The summed E-state index contributed by atoms with van der Waals surface area (Å²) in [5.41, 5.74) is 1.94. The molecule has 2 saturated heterocycles. The number of aromatic nitrogens is 4. The van der Waals surface area contributed by atoms with E-state index in [-0.39, 0.29) is 17.5 Å². The third-order valence-corrected chi connectivity index (χ3v) is 6.31. The molecule has 0 amide bonds. The summed E-state index contributed by atoms with van der Waals surface area (Å²) in [6.45, 7) is 6.53. The summed E-state index contributed by atoms with van der Waals surface area (Å²) in [5.74, 6) is 1.44. The first-order valence-corrected chi connectivity index (χ1v) is 10.5. The predicted molar refractivity (Wildman–Crippen MR) is 111 cm³/mol. The fraction of sp³-hybridized carbons (Fsp3) is 0.500. The van der Waals surface area contributed by atoms with Crippen molar-refractivity contribution in [2.45, 2.75) is 38.3 Å². The van der Waals surface area contributed by atoms with Crippen molar-refractivity contribution in [3.8, 4) is 0 Å². The van der Waals surface area contributed by atoms with E-state index in [1.807, 2.05) is 10.7 Å². The zero-order valence-corrected chi connectivity index (χ0v) is 16.8. The van der Waals surface area contributed by atoms with Gasteiger partial charge in [-0.05, 0) is 24.3 Å². The van der Waals surface area contributed by atoms with Crippen LogP contribution in [0.1, 0.15) is 43.1 Å². The number of hydrogen-bond acceptors (Lipinski definition) is 5. The number of nitrogens with zero attached hydrogens (tertiary/aromatic N) is 4. The van der Waals surface area contributed by atoms with Gasteiger partial charge in [0.25, 0.3) is 5.56 Å². The van der Waals surface area contributed by atoms with E-state index in [1.54, 1.807) is 6.20 Å². The molecule has 152 valence electrons. The highest BCUT2D eigenvalue weighted by atomic mass is 16.5. The van der Waals surface area contributed by atoms with Crippen LogP contribution < -0.4 is 5.56 Å². The number of nitrogens with one attached hydrogen (secondary N) is 1. The number of rotatable bonds is 4. The van der Waals surface area contributed by atoms with E-state index in [2.05, 4.69) is 46.2 Å². The van der Waals surface area contributed by atoms with Crippen molar-refractivity contribution in [2.75, 3.05) is 26.3 Å². The third kappa shape index (κ3) is 3.60. The summed E-state index contributed by atoms with van der Waals surface area (Å²) >= 11 is 0. The topological polar surface area (TPSA) is 76.0 Å². The molecule has 4 heterocycles. The molecule has 2 aliphatic rings. The van der Waals surface area contributed by atoms with Gasteiger partial charge in [0.15, 0.2) is 5.65 Å². The Kier molecular flexibility index (Phi) is 4.93. The zero-order valence-electron chi connectivity index (χ0n) is 16.8. The minimum atomic E-state index is -0.0861. The van der Waals surface area contributed by atoms with Gasteiger partial charge in [-0.15, -0.1) is 0 Å². The van der Waals surface area contributed by atoms with Gasteiger partial charge in [0, 0.05) is 38.8 Å². The maximum Gasteiger partial charge on any atom is 0.262 e. The lowest BCUT2D eigenvalue weighted by Crippen LogP contribution is -2.23. The van der Waals surface area contributed by atoms with E-state index >= 15 is 0 Å². The van der Waals surface area contributed by atoms with Gasteiger partial charge in [-0.1, -0.05) is 37.3 Å². The monoisotopic (exact) mass is 393 g/mol. The van der Waals surface area contributed by atoms with Crippen molar-refractivity contribution in [2.24, 2.45) is 5.92 Å². The van der Waals surface area contributed by atoms with Crippen LogP contribution in [-0.2, 0) is 11.3 Å². The zero-order chi connectivity index (χ0) is 19.8. The Hall–Kier alpha value is -2.51. The number of benzene rings is 1. The van der Waals surface area contributed by atoms with Crippen LogP contribution in [0.4, 0.5) is 0 Å². The fourth-order valence-electron chi connectivity index (χ4n) is 4.72. The van der Waals surface area contributed by atoms with Gasteiger partial charge in [0.05, 0.1) is 12.2 Å². The highest BCUT2D eigenvalue weighted by Crippen LogP contribution is 2.32. The van der Waals surface area contributed by atoms with Gasteiger partial charge in [0.1, 0.15) is 11.2 Å². The Labute approximate surface area is 169 Å². The molecule has 29 heavy (non-hydrogen) atoms. The Balaban J connectivity index is 1.43. The molecule has 1 aromatic carbocycles. The van der Waals surface area contributed by atoms with Crippen LogP contribution in [-0.4, -0.2) is 51.0 Å². The standard InChI is InChI=1S/C22H27N5O2/c1-15-12-26(13-16-5-3-2-4-6-16)14-19(15)20-24-21-18(22(28)25-20)11-23-27(21)17-7-9-29-10-8-17/h2-6,11,15,17,19H,7-10,12-14H2,1H3,(H,24,25,28)/t15-,19+/m0/s1. The number of fused-ring (bicyclic) bond motifs is 1. The van der Waals surface area contributed by atoms with E-state index in [0.29, 0.717) is 17.0 Å². The quantitative estimate of drug-likeness (QED) is 0.738. The van der Waals surface area contributed by atoms with Crippen LogP contribution in [0.15, 0.2) is 41.3 Å². The average Bonchev–Trinajstić information content (AvgIpc) is 3.33. The number of H-pyrrole nitrogens is 1. The molecule has 0 saturated carbocycles. The van der Waals surface area contributed by atoms with Crippen molar-refractivity contribution in [3.05, 3.63) is 58.3 Å². The lowest BCUT2D eigenvalue weighted by Gasteiger charge is -2.23. The summed E-state index contributed by atoms with van der Waals surface area (Å²) in [4.78, 5) is 23.2. The Morgan fingerprint density at radius 2 is 1.97 bits per heavy atom. The van der Waals surface area contributed by atoms with Crippen LogP contribution >= 0.6 is 0 Å². The maximum atomic E-state index is 12.7. The second kappa shape index (κ2) is 7.72.